The summed E-state index contributed by atoms with van der Waals surface area (Å²) in [4.78, 5) is 11.1. The highest BCUT2D eigenvalue weighted by Crippen LogP contribution is 2.28. The number of hydrogen-bond acceptors (Lipinski definition) is 3. The maximum Gasteiger partial charge on any atom is 0.163 e. The Balaban J connectivity index is 2.11. The van der Waals surface area contributed by atoms with E-state index in [4.69, 9.17) is 4.74 Å². The van der Waals surface area contributed by atoms with Crippen LogP contribution in [-0.2, 0) is 0 Å². The third-order valence-electron chi connectivity index (χ3n) is 2.95. The third-order valence-corrected chi connectivity index (χ3v) is 2.95. The van der Waals surface area contributed by atoms with Crippen LogP contribution in [0.5, 0.6) is 11.5 Å². The molecule has 1 aromatic carbocycles. The molecule has 0 atom stereocenters. The average Bonchev–Trinajstić information content (AvgIpc) is 2.70. The normalized spacial score (nSPS) is 16.3. The summed E-state index contributed by atoms with van der Waals surface area (Å²) in [5.74, 6) is 0.516. The van der Waals surface area contributed by atoms with Gasteiger partial charge in [0.1, 0.15) is 11.5 Å². The summed E-state index contributed by atoms with van der Waals surface area (Å²) in [5.41, 5.74) is 0.346. The molecule has 0 aromatic heterocycles. The SMILES string of the molecule is CC(=O)c1ccc(OC2CCCC2)cc1O. The maximum absolute atomic E-state index is 11.1. The fourth-order valence-corrected chi connectivity index (χ4v) is 2.08. The molecule has 0 bridgehead atoms. The predicted molar refractivity (Wildman–Crippen MR) is 61.0 cm³/mol. The number of ketones is 1. The van der Waals surface area contributed by atoms with Gasteiger partial charge in [-0.25, -0.2) is 0 Å². The molecule has 0 radical (unpaired) electrons. The fourth-order valence-electron chi connectivity index (χ4n) is 2.08. The topological polar surface area (TPSA) is 46.5 Å². The number of rotatable bonds is 3. The number of phenols is 1. The van der Waals surface area contributed by atoms with Crippen LogP contribution < -0.4 is 4.74 Å². The van der Waals surface area contributed by atoms with Crippen molar-refractivity contribution in [1.82, 2.24) is 0 Å². The molecule has 0 aliphatic heterocycles. The Morgan fingerprint density at radius 1 is 1.38 bits per heavy atom. The van der Waals surface area contributed by atoms with E-state index in [9.17, 15) is 9.90 Å². The monoisotopic (exact) mass is 220 g/mol. The Labute approximate surface area is 95.0 Å². The molecule has 2 rings (SSSR count). The van der Waals surface area contributed by atoms with Crippen LogP contribution in [0.4, 0.5) is 0 Å². The number of carbonyl (C=O) groups excluding carboxylic acids is 1. The molecule has 0 amide bonds. The van der Waals surface area contributed by atoms with E-state index in [-0.39, 0.29) is 17.6 Å². The van der Waals surface area contributed by atoms with Gasteiger partial charge in [-0.1, -0.05) is 0 Å². The Hall–Kier alpha value is -1.51. The second-order valence-corrected chi connectivity index (χ2v) is 4.26. The van der Waals surface area contributed by atoms with Crippen LogP contribution in [0.2, 0.25) is 0 Å². The second kappa shape index (κ2) is 4.56. The Morgan fingerprint density at radius 2 is 2.06 bits per heavy atom. The fraction of sp³-hybridized carbons (Fsp3) is 0.462. The van der Waals surface area contributed by atoms with Crippen molar-refractivity contribution in [3.05, 3.63) is 23.8 Å². The van der Waals surface area contributed by atoms with E-state index in [0.717, 1.165) is 12.8 Å². The van der Waals surface area contributed by atoms with Crippen molar-refractivity contribution in [2.75, 3.05) is 0 Å². The Kier molecular flexibility index (Phi) is 3.13. The summed E-state index contributed by atoms with van der Waals surface area (Å²) < 4.78 is 5.72. The first-order valence-electron chi connectivity index (χ1n) is 5.67. The molecule has 1 aliphatic carbocycles. The standard InChI is InChI=1S/C13H16O3/c1-9(14)12-7-6-11(8-13(12)15)16-10-4-2-3-5-10/h6-8,10,15H,2-5H2,1H3. The van der Waals surface area contributed by atoms with Crippen LogP contribution in [0.15, 0.2) is 18.2 Å². The van der Waals surface area contributed by atoms with Gasteiger partial charge in [0.2, 0.25) is 0 Å². The summed E-state index contributed by atoms with van der Waals surface area (Å²) in [6, 6.07) is 4.88. The zero-order chi connectivity index (χ0) is 11.5. The van der Waals surface area contributed by atoms with Crippen LogP contribution >= 0.6 is 0 Å². The van der Waals surface area contributed by atoms with Gasteiger partial charge in [-0.3, -0.25) is 4.79 Å². The molecule has 0 saturated heterocycles. The van der Waals surface area contributed by atoms with Crippen LogP contribution in [-0.4, -0.2) is 17.0 Å². The van der Waals surface area contributed by atoms with Gasteiger partial charge in [0.05, 0.1) is 11.7 Å². The summed E-state index contributed by atoms with van der Waals surface area (Å²) in [6.07, 6.45) is 4.84. The highest BCUT2D eigenvalue weighted by atomic mass is 16.5. The second-order valence-electron chi connectivity index (χ2n) is 4.26. The first-order chi connectivity index (χ1) is 7.66. The van der Waals surface area contributed by atoms with Crippen LogP contribution in [0, 0.1) is 0 Å². The van der Waals surface area contributed by atoms with E-state index in [2.05, 4.69) is 0 Å². The molecule has 3 nitrogen and oxygen atoms in total. The van der Waals surface area contributed by atoms with E-state index in [1.54, 1.807) is 12.1 Å². The van der Waals surface area contributed by atoms with Gasteiger partial charge in [-0.05, 0) is 44.7 Å². The molecule has 1 N–H and O–H groups in total. The lowest BCUT2D eigenvalue weighted by Crippen LogP contribution is -2.10. The van der Waals surface area contributed by atoms with Crippen molar-refractivity contribution in [1.29, 1.82) is 0 Å². The van der Waals surface area contributed by atoms with Crippen molar-refractivity contribution < 1.29 is 14.6 Å². The zero-order valence-electron chi connectivity index (χ0n) is 9.40. The molecular formula is C13H16O3. The summed E-state index contributed by atoms with van der Waals surface area (Å²) >= 11 is 0. The van der Waals surface area contributed by atoms with Gasteiger partial charge in [0.15, 0.2) is 5.78 Å². The van der Waals surface area contributed by atoms with Crippen molar-refractivity contribution in [2.45, 2.75) is 38.7 Å². The molecule has 0 unspecified atom stereocenters. The third kappa shape index (κ3) is 2.35. The molecule has 1 aliphatic rings. The van der Waals surface area contributed by atoms with Gasteiger partial charge in [0, 0.05) is 6.07 Å². The first kappa shape index (κ1) is 11.0. The van der Waals surface area contributed by atoms with Gasteiger partial charge < -0.3 is 9.84 Å². The molecule has 1 saturated carbocycles. The number of carbonyl (C=O) groups is 1. The van der Waals surface area contributed by atoms with E-state index in [1.165, 1.54) is 25.8 Å². The smallest absolute Gasteiger partial charge is 0.163 e. The first-order valence-corrected chi connectivity index (χ1v) is 5.67. The number of hydrogen-bond donors (Lipinski definition) is 1. The van der Waals surface area contributed by atoms with E-state index < -0.39 is 0 Å². The minimum absolute atomic E-state index is 0.00277. The van der Waals surface area contributed by atoms with Crippen LogP contribution in [0.3, 0.4) is 0 Å². The van der Waals surface area contributed by atoms with E-state index in [0.29, 0.717) is 11.3 Å². The van der Waals surface area contributed by atoms with E-state index >= 15 is 0 Å². The number of ether oxygens (including phenoxy) is 1. The van der Waals surface area contributed by atoms with Gasteiger partial charge in [-0.2, -0.15) is 0 Å². The summed E-state index contributed by atoms with van der Waals surface area (Å²) in [7, 11) is 0. The van der Waals surface area contributed by atoms with Crippen molar-refractivity contribution in [3.63, 3.8) is 0 Å². The predicted octanol–water partition coefficient (Wildman–Crippen LogP) is 2.92. The number of benzene rings is 1. The molecule has 1 fully saturated rings. The maximum atomic E-state index is 11.1. The van der Waals surface area contributed by atoms with Crippen molar-refractivity contribution in [2.24, 2.45) is 0 Å². The highest BCUT2D eigenvalue weighted by Gasteiger charge is 2.17. The lowest BCUT2D eigenvalue weighted by atomic mass is 10.1. The molecule has 86 valence electrons. The molecule has 0 spiro atoms. The van der Waals surface area contributed by atoms with Crippen LogP contribution in [0.25, 0.3) is 0 Å². The summed E-state index contributed by atoms with van der Waals surface area (Å²) in [5, 5.41) is 9.63. The Morgan fingerprint density at radius 3 is 2.62 bits per heavy atom. The average molecular weight is 220 g/mol. The minimum atomic E-state index is -0.134. The molecule has 16 heavy (non-hydrogen) atoms. The van der Waals surface area contributed by atoms with Crippen molar-refractivity contribution >= 4 is 5.78 Å². The lowest BCUT2D eigenvalue weighted by molar-refractivity contribution is 0.101. The van der Waals surface area contributed by atoms with Crippen LogP contribution in [0.1, 0.15) is 43.0 Å². The van der Waals surface area contributed by atoms with Gasteiger partial charge in [-0.15, -0.1) is 0 Å². The minimum Gasteiger partial charge on any atom is -0.507 e. The van der Waals surface area contributed by atoms with Gasteiger partial charge in [0.25, 0.3) is 0 Å². The molecule has 3 heteroatoms. The lowest BCUT2D eigenvalue weighted by Gasteiger charge is -2.13. The molecule has 0 heterocycles. The van der Waals surface area contributed by atoms with Gasteiger partial charge >= 0.3 is 0 Å². The number of Topliss-reactive ketones (excluding diaryl/α,β-unsaturated/α-hetero) is 1. The van der Waals surface area contributed by atoms with E-state index in [1.807, 2.05) is 0 Å². The highest BCUT2D eigenvalue weighted by molar-refractivity contribution is 5.96. The Bertz CT molecular complexity index is 392. The van der Waals surface area contributed by atoms with Crippen molar-refractivity contribution in [3.8, 4) is 11.5 Å². The molecule has 1 aromatic rings. The number of aromatic hydroxyl groups is 1. The summed E-state index contributed by atoms with van der Waals surface area (Å²) in [6.45, 7) is 1.44. The zero-order valence-corrected chi connectivity index (χ0v) is 9.40. The number of phenolic OH excluding ortho intramolecular Hbond substituents is 1. The largest absolute Gasteiger partial charge is 0.507 e. The molecular weight excluding hydrogens is 204 g/mol. The quantitative estimate of drug-likeness (QED) is 0.797.